The molecule has 1 atom stereocenters. The van der Waals surface area contributed by atoms with Crippen LogP contribution in [0.1, 0.15) is 76.8 Å². The van der Waals surface area contributed by atoms with Crippen molar-refractivity contribution in [3.63, 3.8) is 0 Å². The summed E-state index contributed by atoms with van der Waals surface area (Å²) in [5, 5.41) is 2.61. The molecule has 2 rings (SSSR count). The van der Waals surface area contributed by atoms with E-state index in [1.54, 1.807) is 4.90 Å². The molecule has 0 spiro atoms. The van der Waals surface area contributed by atoms with Gasteiger partial charge in [-0.05, 0) is 42.0 Å². The normalized spacial score (nSPS) is 11.9. The molecule has 5 heteroatoms. The molecule has 0 aliphatic heterocycles. The van der Waals surface area contributed by atoms with Crippen LogP contribution in [0.25, 0.3) is 0 Å². The Morgan fingerprint density at radius 2 is 1.62 bits per heavy atom. The minimum absolute atomic E-state index is 0.00681. The van der Waals surface area contributed by atoms with E-state index in [2.05, 4.69) is 50.4 Å². The third kappa shape index (κ3) is 8.97. The van der Waals surface area contributed by atoms with Crippen molar-refractivity contribution >= 4 is 11.7 Å². The highest BCUT2D eigenvalue weighted by Gasteiger charge is 2.16. The standard InChI is InChI=1S/C27H38F2N2O/c1-4-6-7-8-9-17-31(27(32)30-26-16-15-24(28)19-25(26)29)20-23-13-11-22(12-14-23)18-21(3)10-5-2/h11-16,19,21H,4-10,17-18,20H2,1-3H3,(H,30,32). The Kier molecular flexibility index (Phi) is 11.2. The van der Waals surface area contributed by atoms with Crippen LogP contribution in [0, 0.1) is 17.6 Å². The van der Waals surface area contributed by atoms with Crippen LogP contribution in [0.5, 0.6) is 0 Å². The average molecular weight is 445 g/mol. The Labute approximate surface area is 192 Å². The summed E-state index contributed by atoms with van der Waals surface area (Å²) in [4.78, 5) is 14.6. The summed E-state index contributed by atoms with van der Waals surface area (Å²) in [7, 11) is 0. The number of unbranched alkanes of at least 4 members (excludes halogenated alkanes) is 4. The third-order valence-corrected chi connectivity index (χ3v) is 5.75. The Morgan fingerprint density at radius 1 is 0.938 bits per heavy atom. The molecule has 0 aromatic heterocycles. The molecule has 2 aromatic carbocycles. The zero-order valence-electron chi connectivity index (χ0n) is 19.8. The van der Waals surface area contributed by atoms with Crippen LogP contribution in [0.2, 0.25) is 0 Å². The van der Waals surface area contributed by atoms with Gasteiger partial charge in [0.1, 0.15) is 11.6 Å². The Balaban J connectivity index is 2.04. The van der Waals surface area contributed by atoms with Crippen LogP contribution < -0.4 is 5.32 Å². The molecule has 0 fully saturated rings. The number of halogens is 2. The number of amides is 2. The van der Waals surface area contributed by atoms with Gasteiger partial charge in [0.25, 0.3) is 0 Å². The maximum absolute atomic E-state index is 14.0. The molecule has 2 amide bonds. The van der Waals surface area contributed by atoms with Crippen molar-refractivity contribution < 1.29 is 13.6 Å². The molecule has 2 aromatic rings. The van der Waals surface area contributed by atoms with E-state index in [0.29, 0.717) is 19.0 Å². The van der Waals surface area contributed by atoms with Crippen LogP contribution in [0.3, 0.4) is 0 Å². The van der Waals surface area contributed by atoms with Gasteiger partial charge in [-0.1, -0.05) is 83.6 Å². The maximum atomic E-state index is 14.0. The van der Waals surface area contributed by atoms with Gasteiger partial charge in [0.05, 0.1) is 5.69 Å². The molecule has 0 bridgehead atoms. The molecule has 0 aliphatic rings. The smallest absolute Gasteiger partial charge is 0.320 e. The molecule has 32 heavy (non-hydrogen) atoms. The van der Waals surface area contributed by atoms with Crippen LogP contribution in [0.15, 0.2) is 42.5 Å². The van der Waals surface area contributed by atoms with Gasteiger partial charge in [0, 0.05) is 19.2 Å². The highest BCUT2D eigenvalue weighted by molar-refractivity contribution is 5.89. The molecular weight excluding hydrogens is 406 g/mol. The first-order valence-corrected chi connectivity index (χ1v) is 12.0. The Hall–Kier alpha value is -2.43. The number of nitrogens with one attached hydrogen (secondary N) is 1. The van der Waals surface area contributed by atoms with E-state index in [9.17, 15) is 13.6 Å². The fourth-order valence-electron chi connectivity index (χ4n) is 3.94. The molecule has 0 radical (unpaired) electrons. The monoisotopic (exact) mass is 444 g/mol. The van der Waals surface area contributed by atoms with Crippen LogP contribution in [-0.4, -0.2) is 17.5 Å². The molecule has 0 saturated carbocycles. The topological polar surface area (TPSA) is 32.3 Å². The number of urea groups is 1. The van der Waals surface area contributed by atoms with Gasteiger partial charge in [0.2, 0.25) is 0 Å². The number of nitrogens with zero attached hydrogens (tertiary/aromatic N) is 1. The Bertz CT molecular complexity index is 823. The van der Waals surface area contributed by atoms with Crippen molar-refractivity contribution in [3.05, 3.63) is 65.2 Å². The number of benzene rings is 2. The number of hydrogen-bond acceptors (Lipinski definition) is 1. The molecule has 0 aliphatic carbocycles. The van der Waals surface area contributed by atoms with E-state index in [1.165, 1.54) is 30.9 Å². The van der Waals surface area contributed by atoms with E-state index in [0.717, 1.165) is 49.8 Å². The highest BCUT2D eigenvalue weighted by Crippen LogP contribution is 2.18. The van der Waals surface area contributed by atoms with Crippen molar-refractivity contribution in [3.8, 4) is 0 Å². The predicted octanol–water partition coefficient (Wildman–Crippen LogP) is 7.95. The Morgan fingerprint density at radius 3 is 2.28 bits per heavy atom. The summed E-state index contributed by atoms with van der Waals surface area (Å²) < 4.78 is 27.2. The van der Waals surface area contributed by atoms with E-state index in [4.69, 9.17) is 0 Å². The average Bonchev–Trinajstić information content (AvgIpc) is 2.76. The van der Waals surface area contributed by atoms with Crippen molar-refractivity contribution in [1.29, 1.82) is 0 Å². The van der Waals surface area contributed by atoms with Gasteiger partial charge < -0.3 is 10.2 Å². The molecule has 0 heterocycles. The molecule has 1 unspecified atom stereocenters. The first-order valence-electron chi connectivity index (χ1n) is 12.0. The number of rotatable bonds is 13. The van der Waals surface area contributed by atoms with Gasteiger partial charge in [0.15, 0.2) is 0 Å². The lowest BCUT2D eigenvalue weighted by molar-refractivity contribution is 0.207. The first-order chi connectivity index (χ1) is 15.4. The van der Waals surface area contributed by atoms with Gasteiger partial charge in [-0.15, -0.1) is 0 Å². The minimum Gasteiger partial charge on any atom is -0.320 e. The van der Waals surface area contributed by atoms with Crippen LogP contribution in [-0.2, 0) is 13.0 Å². The second-order valence-electron chi connectivity index (χ2n) is 8.80. The number of hydrogen-bond donors (Lipinski definition) is 1. The van der Waals surface area contributed by atoms with Gasteiger partial charge in [-0.2, -0.15) is 0 Å². The number of anilines is 1. The number of carbonyl (C=O) groups excluding carboxylic acids is 1. The van der Waals surface area contributed by atoms with Gasteiger partial charge >= 0.3 is 6.03 Å². The molecular formula is C27H38F2N2O. The summed E-state index contributed by atoms with van der Waals surface area (Å²) in [6, 6.07) is 11.2. The van der Waals surface area contributed by atoms with Crippen LogP contribution in [0.4, 0.5) is 19.3 Å². The van der Waals surface area contributed by atoms with E-state index < -0.39 is 11.6 Å². The van der Waals surface area contributed by atoms with Crippen molar-refractivity contribution in [2.75, 3.05) is 11.9 Å². The highest BCUT2D eigenvalue weighted by atomic mass is 19.1. The fraction of sp³-hybridized carbons (Fsp3) is 0.519. The second-order valence-corrected chi connectivity index (χ2v) is 8.80. The van der Waals surface area contributed by atoms with E-state index in [1.807, 2.05) is 0 Å². The molecule has 176 valence electrons. The third-order valence-electron chi connectivity index (χ3n) is 5.75. The van der Waals surface area contributed by atoms with Gasteiger partial charge in [-0.3, -0.25) is 0 Å². The van der Waals surface area contributed by atoms with E-state index >= 15 is 0 Å². The van der Waals surface area contributed by atoms with Crippen LogP contribution >= 0.6 is 0 Å². The minimum atomic E-state index is -0.771. The van der Waals surface area contributed by atoms with Crippen molar-refractivity contribution in [1.82, 2.24) is 4.90 Å². The molecule has 3 nitrogen and oxygen atoms in total. The SMILES string of the molecule is CCCCCCCN(Cc1ccc(CC(C)CCC)cc1)C(=O)Nc1ccc(F)cc1F. The maximum Gasteiger partial charge on any atom is 0.322 e. The summed E-state index contributed by atoms with van der Waals surface area (Å²) in [6.45, 7) is 7.69. The zero-order chi connectivity index (χ0) is 23.3. The quantitative estimate of drug-likeness (QED) is 0.312. The second kappa shape index (κ2) is 13.9. The summed E-state index contributed by atoms with van der Waals surface area (Å²) in [6.07, 6.45) is 8.90. The molecule has 1 N–H and O–H groups in total. The lowest BCUT2D eigenvalue weighted by Gasteiger charge is -2.24. The summed E-state index contributed by atoms with van der Waals surface area (Å²) >= 11 is 0. The lowest BCUT2D eigenvalue weighted by Crippen LogP contribution is -2.35. The number of carbonyl (C=O) groups is 1. The fourth-order valence-corrected chi connectivity index (χ4v) is 3.94. The summed E-state index contributed by atoms with van der Waals surface area (Å²) in [5.41, 5.74) is 2.34. The molecule has 0 saturated heterocycles. The predicted molar refractivity (Wildman–Crippen MR) is 129 cm³/mol. The van der Waals surface area contributed by atoms with Gasteiger partial charge in [-0.25, -0.2) is 13.6 Å². The summed E-state index contributed by atoms with van der Waals surface area (Å²) in [5.74, 6) is -0.782. The lowest BCUT2D eigenvalue weighted by atomic mass is 9.96. The van der Waals surface area contributed by atoms with E-state index in [-0.39, 0.29) is 11.7 Å². The first kappa shape index (κ1) is 25.8. The van der Waals surface area contributed by atoms with Crippen molar-refractivity contribution in [2.24, 2.45) is 5.92 Å². The zero-order valence-corrected chi connectivity index (χ0v) is 19.8. The largest absolute Gasteiger partial charge is 0.322 e. The van der Waals surface area contributed by atoms with Crippen molar-refractivity contribution in [2.45, 2.75) is 78.7 Å².